The minimum absolute atomic E-state index is 0.295. The van der Waals surface area contributed by atoms with Gasteiger partial charge in [-0.3, -0.25) is 4.79 Å². The number of ketones is 1. The van der Waals surface area contributed by atoms with Crippen molar-refractivity contribution < 1.29 is 18.7 Å². The van der Waals surface area contributed by atoms with E-state index in [0.717, 1.165) is 5.76 Å². The number of carbonyl (C=O) groups excluding carboxylic acids is 2. The number of hydrogen-bond acceptors (Lipinski definition) is 5. The van der Waals surface area contributed by atoms with Crippen molar-refractivity contribution in [2.75, 3.05) is 11.9 Å². The fourth-order valence-corrected chi connectivity index (χ4v) is 2.46. The quantitative estimate of drug-likeness (QED) is 0.487. The Kier molecular flexibility index (Phi) is 5.71. The number of Topliss-reactive ketones (excluding diaryl/α,β-unsaturated/α-hetero) is 1. The van der Waals surface area contributed by atoms with E-state index in [1.807, 2.05) is 6.07 Å². The molecular formula is C20H16ClNO4. The molecule has 0 aliphatic rings. The molecule has 0 amide bonds. The first-order valence-corrected chi connectivity index (χ1v) is 8.32. The summed E-state index contributed by atoms with van der Waals surface area (Å²) in [7, 11) is 0. The van der Waals surface area contributed by atoms with Crippen LogP contribution < -0.4 is 5.32 Å². The first-order chi connectivity index (χ1) is 12.6. The SMILES string of the molecule is O=C(COC(=O)c1ccccc1NCc1ccco1)c1ccc(Cl)cc1. The van der Waals surface area contributed by atoms with E-state index in [4.69, 9.17) is 20.8 Å². The van der Waals surface area contributed by atoms with E-state index < -0.39 is 5.97 Å². The van der Waals surface area contributed by atoms with Gasteiger partial charge in [0.05, 0.1) is 18.4 Å². The van der Waals surface area contributed by atoms with Gasteiger partial charge < -0.3 is 14.5 Å². The van der Waals surface area contributed by atoms with Crippen LogP contribution in [0.25, 0.3) is 0 Å². The molecule has 0 fully saturated rings. The summed E-state index contributed by atoms with van der Waals surface area (Å²) in [6, 6.07) is 17.0. The van der Waals surface area contributed by atoms with E-state index in [2.05, 4.69) is 5.32 Å². The summed E-state index contributed by atoms with van der Waals surface area (Å²) in [5, 5.41) is 3.67. The third-order valence-corrected chi connectivity index (χ3v) is 3.93. The predicted molar refractivity (Wildman–Crippen MR) is 98.5 cm³/mol. The van der Waals surface area contributed by atoms with Crippen molar-refractivity contribution in [3.8, 4) is 0 Å². The number of rotatable bonds is 7. The maximum Gasteiger partial charge on any atom is 0.340 e. The summed E-state index contributed by atoms with van der Waals surface area (Å²) in [4.78, 5) is 24.5. The molecule has 0 saturated heterocycles. The van der Waals surface area contributed by atoms with Crippen molar-refractivity contribution in [1.82, 2.24) is 0 Å². The molecule has 3 rings (SSSR count). The molecule has 5 nitrogen and oxygen atoms in total. The van der Waals surface area contributed by atoms with Crippen molar-refractivity contribution in [2.45, 2.75) is 6.54 Å². The largest absolute Gasteiger partial charge is 0.467 e. The molecule has 0 saturated carbocycles. The lowest BCUT2D eigenvalue weighted by atomic mass is 10.1. The average molecular weight is 370 g/mol. The van der Waals surface area contributed by atoms with Gasteiger partial charge in [-0.05, 0) is 48.5 Å². The number of benzene rings is 2. The third-order valence-electron chi connectivity index (χ3n) is 3.68. The zero-order valence-corrected chi connectivity index (χ0v) is 14.5. The molecule has 0 bridgehead atoms. The normalized spacial score (nSPS) is 10.3. The Morgan fingerprint density at radius 3 is 2.50 bits per heavy atom. The molecule has 1 aromatic heterocycles. The number of furan rings is 1. The van der Waals surface area contributed by atoms with Gasteiger partial charge in [-0.25, -0.2) is 4.79 Å². The van der Waals surface area contributed by atoms with Crippen molar-refractivity contribution in [2.24, 2.45) is 0 Å². The van der Waals surface area contributed by atoms with E-state index in [1.54, 1.807) is 60.9 Å². The van der Waals surface area contributed by atoms with Crippen LogP contribution in [0.2, 0.25) is 5.02 Å². The van der Waals surface area contributed by atoms with Crippen LogP contribution in [0.4, 0.5) is 5.69 Å². The highest BCUT2D eigenvalue weighted by Crippen LogP contribution is 2.18. The Balaban J connectivity index is 1.62. The first-order valence-electron chi connectivity index (χ1n) is 7.94. The smallest absolute Gasteiger partial charge is 0.340 e. The highest BCUT2D eigenvalue weighted by Gasteiger charge is 2.15. The molecule has 0 atom stereocenters. The van der Waals surface area contributed by atoms with E-state index in [1.165, 1.54) is 0 Å². The van der Waals surface area contributed by atoms with Gasteiger partial charge in [0.1, 0.15) is 5.76 Å². The molecule has 0 aliphatic heterocycles. The van der Waals surface area contributed by atoms with Gasteiger partial charge in [0.25, 0.3) is 0 Å². The number of hydrogen-bond donors (Lipinski definition) is 1. The first kappa shape index (κ1) is 17.8. The second kappa shape index (κ2) is 8.36. The zero-order valence-electron chi connectivity index (χ0n) is 13.8. The Labute approximate surface area is 155 Å². The molecule has 2 aromatic carbocycles. The van der Waals surface area contributed by atoms with Gasteiger partial charge in [0, 0.05) is 16.3 Å². The molecule has 6 heteroatoms. The average Bonchev–Trinajstić information content (AvgIpc) is 3.18. The van der Waals surface area contributed by atoms with E-state index in [-0.39, 0.29) is 12.4 Å². The van der Waals surface area contributed by atoms with Gasteiger partial charge in [-0.2, -0.15) is 0 Å². The lowest BCUT2D eigenvalue weighted by Crippen LogP contribution is -2.15. The zero-order chi connectivity index (χ0) is 18.4. The minimum atomic E-state index is -0.574. The Morgan fingerprint density at radius 2 is 1.77 bits per heavy atom. The van der Waals surface area contributed by atoms with Crippen molar-refractivity contribution >= 4 is 29.0 Å². The van der Waals surface area contributed by atoms with Crippen LogP contribution in [-0.2, 0) is 11.3 Å². The second-order valence-corrected chi connectivity index (χ2v) is 5.92. The number of halogens is 1. The second-order valence-electron chi connectivity index (χ2n) is 5.48. The van der Waals surface area contributed by atoms with Gasteiger partial charge in [-0.1, -0.05) is 23.7 Å². The molecule has 132 valence electrons. The lowest BCUT2D eigenvalue weighted by molar-refractivity contribution is 0.0475. The molecule has 26 heavy (non-hydrogen) atoms. The molecule has 3 aromatic rings. The molecular weight excluding hydrogens is 354 g/mol. The molecule has 0 unspecified atom stereocenters. The van der Waals surface area contributed by atoms with Crippen LogP contribution >= 0.6 is 11.6 Å². The summed E-state index contributed by atoms with van der Waals surface area (Å²) in [5.74, 6) is -0.128. The predicted octanol–water partition coefficient (Wildman–Crippen LogP) is 4.58. The Hall–Kier alpha value is -3.05. The van der Waals surface area contributed by atoms with Gasteiger partial charge in [-0.15, -0.1) is 0 Å². The van der Waals surface area contributed by atoms with Crippen LogP contribution in [0.1, 0.15) is 26.5 Å². The molecule has 0 radical (unpaired) electrons. The van der Waals surface area contributed by atoms with E-state index >= 15 is 0 Å². The standard InChI is InChI=1S/C20H16ClNO4/c21-15-9-7-14(8-10-15)19(23)13-26-20(24)17-5-1-2-6-18(17)22-12-16-4-3-11-25-16/h1-11,22H,12-13H2. The third kappa shape index (κ3) is 4.52. The number of carbonyl (C=O) groups is 2. The molecule has 1 heterocycles. The van der Waals surface area contributed by atoms with E-state index in [0.29, 0.717) is 28.4 Å². The number of nitrogens with one attached hydrogen (secondary N) is 1. The summed E-state index contributed by atoms with van der Waals surface area (Å²) >= 11 is 5.80. The highest BCUT2D eigenvalue weighted by molar-refractivity contribution is 6.30. The van der Waals surface area contributed by atoms with Crippen molar-refractivity contribution in [3.05, 3.63) is 88.8 Å². The van der Waals surface area contributed by atoms with Crippen LogP contribution in [-0.4, -0.2) is 18.4 Å². The lowest BCUT2D eigenvalue weighted by Gasteiger charge is -2.11. The summed E-state index contributed by atoms with van der Waals surface area (Å²) in [5.41, 5.74) is 1.39. The summed E-state index contributed by atoms with van der Waals surface area (Å²) in [6.07, 6.45) is 1.58. The topological polar surface area (TPSA) is 68.5 Å². The number of ether oxygens (including phenoxy) is 1. The number of para-hydroxylation sites is 1. The van der Waals surface area contributed by atoms with Crippen molar-refractivity contribution in [1.29, 1.82) is 0 Å². The summed E-state index contributed by atoms with van der Waals surface area (Å²) in [6.45, 7) is 0.0913. The van der Waals surface area contributed by atoms with Crippen LogP contribution in [0.5, 0.6) is 0 Å². The highest BCUT2D eigenvalue weighted by atomic mass is 35.5. The number of anilines is 1. The van der Waals surface area contributed by atoms with Gasteiger partial charge in [0.15, 0.2) is 12.4 Å². The summed E-state index contributed by atoms with van der Waals surface area (Å²) < 4.78 is 10.4. The van der Waals surface area contributed by atoms with Crippen molar-refractivity contribution in [3.63, 3.8) is 0 Å². The Morgan fingerprint density at radius 1 is 1.00 bits per heavy atom. The van der Waals surface area contributed by atoms with Gasteiger partial charge in [0.2, 0.25) is 0 Å². The van der Waals surface area contributed by atoms with Crippen LogP contribution in [0, 0.1) is 0 Å². The molecule has 0 spiro atoms. The maximum atomic E-state index is 12.4. The fourth-order valence-electron chi connectivity index (χ4n) is 2.34. The Bertz CT molecular complexity index is 888. The minimum Gasteiger partial charge on any atom is -0.467 e. The monoisotopic (exact) mass is 369 g/mol. The van der Waals surface area contributed by atoms with Crippen LogP contribution in [0.15, 0.2) is 71.3 Å². The maximum absolute atomic E-state index is 12.4. The fraction of sp³-hybridized carbons (Fsp3) is 0.100. The molecule has 0 aliphatic carbocycles. The van der Waals surface area contributed by atoms with Crippen LogP contribution in [0.3, 0.4) is 0 Å². The van der Waals surface area contributed by atoms with E-state index in [9.17, 15) is 9.59 Å². The number of esters is 1. The van der Waals surface area contributed by atoms with Gasteiger partial charge >= 0.3 is 5.97 Å². The molecule has 1 N–H and O–H groups in total.